The maximum Gasteiger partial charge on any atom is 0.224 e. The number of carbonyl (C=O) groups excluding carboxylic acids is 1. The molecule has 2 N–H and O–H groups in total. The first-order valence-electron chi connectivity index (χ1n) is 7.25. The van der Waals surface area contributed by atoms with Crippen LogP contribution in [0.4, 0.5) is 0 Å². The van der Waals surface area contributed by atoms with Crippen LogP contribution in [0.1, 0.15) is 44.6 Å². The van der Waals surface area contributed by atoms with Gasteiger partial charge in [0.2, 0.25) is 5.91 Å². The Hall–Kier alpha value is -1.31. The van der Waals surface area contributed by atoms with E-state index < -0.39 is 0 Å². The Balaban J connectivity index is 1.88. The van der Waals surface area contributed by atoms with E-state index in [0.717, 1.165) is 10.4 Å². The van der Waals surface area contributed by atoms with Gasteiger partial charge in [-0.3, -0.25) is 4.79 Å². The summed E-state index contributed by atoms with van der Waals surface area (Å²) in [5, 5.41) is 13.7. The number of aliphatic hydroxyl groups is 1. The lowest BCUT2D eigenvalue weighted by Crippen LogP contribution is -2.26. The number of hydrogen-bond donors (Lipinski definition) is 2. The molecule has 0 aliphatic heterocycles. The second-order valence-electron chi connectivity index (χ2n) is 6.67. The first-order chi connectivity index (χ1) is 9.80. The van der Waals surface area contributed by atoms with Gasteiger partial charge in [-0.2, -0.15) is 0 Å². The Morgan fingerprint density at radius 3 is 2.62 bits per heavy atom. The Morgan fingerprint density at radius 2 is 2.05 bits per heavy atom. The Bertz CT molecular complexity index is 575. The molecule has 0 aromatic carbocycles. The molecular weight excluding hydrogens is 282 g/mol. The topological polar surface area (TPSA) is 49.3 Å². The summed E-state index contributed by atoms with van der Waals surface area (Å²) >= 11 is 1.60. The summed E-state index contributed by atoms with van der Waals surface area (Å²) in [5.74, 6) is 6.14. The largest absolute Gasteiger partial charge is 0.395 e. The number of nitrogens with one attached hydrogen (secondary N) is 1. The number of aliphatic hydroxyl groups excluding tert-OH is 1. The van der Waals surface area contributed by atoms with Crippen LogP contribution in [0.2, 0.25) is 0 Å². The number of thiophene rings is 1. The minimum atomic E-state index is 0.0768. The first-order valence-corrected chi connectivity index (χ1v) is 8.13. The number of rotatable bonds is 4. The summed E-state index contributed by atoms with van der Waals surface area (Å²) < 4.78 is 0. The molecule has 0 saturated heterocycles. The molecule has 0 spiro atoms. The normalized spacial score (nSPS) is 18.7. The molecule has 114 valence electrons. The van der Waals surface area contributed by atoms with Gasteiger partial charge in [0.1, 0.15) is 0 Å². The second-order valence-corrected chi connectivity index (χ2v) is 7.67. The maximum absolute atomic E-state index is 12.3. The molecular formula is C17H23NO2S. The molecule has 1 fully saturated rings. The lowest BCUT2D eigenvalue weighted by Gasteiger charge is -2.04. The molecule has 1 aliphatic carbocycles. The highest BCUT2D eigenvalue weighted by atomic mass is 32.1. The van der Waals surface area contributed by atoms with Crippen LogP contribution in [0.5, 0.6) is 0 Å². The number of carbonyl (C=O) groups is 1. The van der Waals surface area contributed by atoms with Crippen LogP contribution in [0.3, 0.4) is 0 Å². The van der Waals surface area contributed by atoms with Crippen molar-refractivity contribution in [3.05, 3.63) is 21.9 Å². The Labute approximate surface area is 130 Å². The summed E-state index contributed by atoms with van der Waals surface area (Å²) in [4.78, 5) is 13.4. The van der Waals surface area contributed by atoms with Crippen LogP contribution in [0.15, 0.2) is 11.4 Å². The van der Waals surface area contributed by atoms with E-state index in [2.05, 4.69) is 44.9 Å². The van der Waals surface area contributed by atoms with Crippen LogP contribution < -0.4 is 5.32 Å². The molecule has 3 nitrogen and oxygen atoms in total. The van der Waals surface area contributed by atoms with Crippen molar-refractivity contribution in [1.29, 1.82) is 0 Å². The zero-order valence-electron chi connectivity index (χ0n) is 13.1. The van der Waals surface area contributed by atoms with Crippen LogP contribution in [-0.2, 0) is 11.3 Å². The molecule has 1 amide bonds. The lowest BCUT2D eigenvalue weighted by atomic mass is 10.0. The third-order valence-corrected chi connectivity index (χ3v) is 5.78. The summed E-state index contributed by atoms with van der Waals surface area (Å²) in [6, 6.07) is 2.00. The zero-order chi connectivity index (χ0) is 15.7. The fourth-order valence-corrected chi connectivity index (χ4v) is 3.64. The predicted octanol–water partition coefficient (Wildman–Crippen LogP) is 2.78. The van der Waals surface area contributed by atoms with E-state index in [1.54, 1.807) is 11.3 Å². The highest BCUT2D eigenvalue weighted by Crippen LogP contribution is 2.68. The van der Waals surface area contributed by atoms with E-state index in [0.29, 0.717) is 13.0 Å². The van der Waals surface area contributed by atoms with Crippen LogP contribution >= 0.6 is 11.3 Å². The lowest BCUT2D eigenvalue weighted by molar-refractivity contribution is -0.123. The highest BCUT2D eigenvalue weighted by Gasteiger charge is 2.68. The zero-order valence-corrected chi connectivity index (χ0v) is 13.9. The van der Waals surface area contributed by atoms with Gasteiger partial charge in [-0.1, -0.05) is 39.5 Å². The van der Waals surface area contributed by atoms with Gasteiger partial charge in [0.15, 0.2) is 0 Å². The average Bonchev–Trinajstić information content (AvgIpc) is 2.74. The van der Waals surface area contributed by atoms with E-state index in [1.807, 2.05) is 11.4 Å². The third kappa shape index (κ3) is 3.14. The minimum absolute atomic E-state index is 0.0768. The SMILES string of the molecule is CC1(C)C(C(=O)NCc2cc(C#CCCO)cs2)C1(C)C. The highest BCUT2D eigenvalue weighted by molar-refractivity contribution is 7.10. The van der Waals surface area contributed by atoms with Crippen molar-refractivity contribution < 1.29 is 9.90 Å². The van der Waals surface area contributed by atoms with Crippen molar-refractivity contribution in [3.63, 3.8) is 0 Å². The van der Waals surface area contributed by atoms with Gasteiger partial charge >= 0.3 is 0 Å². The molecule has 4 heteroatoms. The van der Waals surface area contributed by atoms with Crippen molar-refractivity contribution in [3.8, 4) is 11.8 Å². The van der Waals surface area contributed by atoms with Gasteiger partial charge in [-0.25, -0.2) is 0 Å². The van der Waals surface area contributed by atoms with E-state index in [-0.39, 0.29) is 29.3 Å². The Kier molecular flexibility index (Phi) is 4.46. The molecule has 1 aromatic heterocycles. The molecule has 0 atom stereocenters. The van der Waals surface area contributed by atoms with E-state index >= 15 is 0 Å². The third-order valence-electron chi connectivity index (χ3n) is 4.84. The molecule has 1 aliphatic rings. The first kappa shape index (κ1) is 16.1. The van der Waals surface area contributed by atoms with Crippen molar-refractivity contribution >= 4 is 17.2 Å². The van der Waals surface area contributed by atoms with Gasteiger partial charge in [0.25, 0.3) is 0 Å². The molecule has 2 rings (SSSR count). The van der Waals surface area contributed by atoms with Crippen molar-refractivity contribution in [2.45, 2.75) is 40.7 Å². The monoisotopic (exact) mass is 305 g/mol. The van der Waals surface area contributed by atoms with Crippen molar-refractivity contribution in [2.75, 3.05) is 6.61 Å². The molecule has 0 bridgehead atoms. The molecule has 0 radical (unpaired) electrons. The Morgan fingerprint density at radius 1 is 1.38 bits per heavy atom. The fraction of sp³-hybridized carbons (Fsp3) is 0.588. The fourth-order valence-electron chi connectivity index (χ4n) is 2.89. The second kappa shape index (κ2) is 5.82. The maximum atomic E-state index is 12.3. The van der Waals surface area contributed by atoms with Gasteiger partial charge in [-0.05, 0) is 16.9 Å². The summed E-state index contributed by atoms with van der Waals surface area (Å²) in [5.41, 5.74) is 1.10. The van der Waals surface area contributed by atoms with Crippen molar-refractivity contribution in [1.82, 2.24) is 5.32 Å². The predicted molar refractivity (Wildman–Crippen MR) is 85.8 cm³/mol. The van der Waals surface area contributed by atoms with Crippen LogP contribution in [-0.4, -0.2) is 17.6 Å². The van der Waals surface area contributed by atoms with Crippen LogP contribution in [0, 0.1) is 28.6 Å². The summed E-state index contributed by atoms with van der Waals surface area (Å²) in [7, 11) is 0. The molecule has 21 heavy (non-hydrogen) atoms. The molecule has 0 unspecified atom stereocenters. The number of hydrogen-bond acceptors (Lipinski definition) is 3. The van der Waals surface area contributed by atoms with Gasteiger partial charge in [0.05, 0.1) is 13.2 Å². The van der Waals surface area contributed by atoms with E-state index in [1.165, 1.54) is 0 Å². The van der Waals surface area contributed by atoms with E-state index in [9.17, 15) is 4.79 Å². The van der Waals surface area contributed by atoms with Crippen LogP contribution in [0.25, 0.3) is 0 Å². The van der Waals surface area contributed by atoms with Gasteiger partial charge in [0, 0.05) is 28.2 Å². The molecule has 1 saturated carbocycles. The smallest absolute Gasteiger partial charge is 0.224 e. The summed E-state index contributed by atoms with van der Waals surface area (Å²) in [6.45, 7) is 9.25. The van der Waals surface area contributed by atoms with Gasteiger partial charge in [-0.15, -0.1) is 11.3 Å². The average molecular weight is 305 g/mol. The quantitative estimate of drug-likeness (QED) is 0.840. The summed E-state index contributed by atoms with van der Waals surface area (Å²) in [6.07, 6.45) is 0.494. The molecule has 1 aromatic rings. The standard InChI is InChI=1S/C17H23NO2S/c1-16(2)14(17(16,3)4)15(20)18-10-13-9-12(11-21-13)7-5-6-8-19/h9,11,14,19H,6,8,10H2,1-4H3,(H,18,20). The number of amides is 1. The minimum Gasteiger partial charge on any atom is -0.395 e. The molecule has 1 heterocycles. The van der Waals surface area contributed by atoms with E-state index in [4.69, 9.17) is 5.11 Å². The van der Waals surface area contributed by atoms with Crippen molar-refractivity contribution in [2.24, 2.45) is 16.7 Å². The van der Waals surface area contributed by atoms with Gasteiger partial charge < -0.3 is 10.4 Å².